The summed E-state index contributed by atoms with van der Waals surface area (Å²) in [6.45, 7) is 6.18. The third kappa shape index (κ3) is 7.75. The lowest BCUT2D eigenvalue weighted by atomic mass is 9.78. The van der Waals surface area contributed by atoms with Gasteiger partial charge in [0.25, 0.3) is 0 Å². The van der Waals surface area contributed by atoms with Gasteiger partial charge in [0.15, 0.2) is 5.78 Å². The first-order valence-corrected chi connectivity index (χ1v) is 15.6. The maximum absolute atomic E-state index is 12.6. The maximum Gasteiger partial charge on any atom is 0.344 e. The van der Waals surface area contributed by atoms with Crippen LogP contribution in [0.15, 0.2) is 60.7 Å². The number of carbonyl (C=O) groups is 3. The van der Waals surface area contributed by atoms with Crippen LogP contribution >= 0.6 is 13.5 Å². The average Bonchev–Trinajstić information content (AvgIpc) is 3.95. The molecule has 2 aromatic rings. The van der Waals surface area contributed by atoms with Crippen molar-refractivity contribution in [3.05, 3.63) is 71.8 Å². The summed E-state index contributed by atoms with van der Waals surface area (Å²) in [5.74, 6) is 0.735. The van der Waals surface area contributed by atoms with E-state index in [9.17, 15) is 14.4 Å². The highest BCUT2D eigenvalue weighted by molar-refractivity contribution is 7.59. The Morgan fingerprint density at radius 2 is 1.47 bits per heavy atom. The molecule has 7 rings (SSSR count). The van der Waals surface area contributed by atoms with Crippen LogP contribution in [0.3, 0.4) is 0 Å². The summed E-state index contributed by atoms with van der Waals surface area (Å²) in [7, 11) is 0. The van der Waals surface area contributed by atoms with Crippen LogP contribution < -0.4 is 5.32 Å². The molecule has 248 valence electrons. The van der Waals surface area contributed by atoms with Crippen molar-refractivity contribution in [2.24, 2.45) is 16.7 Å². The van der Waals surface area contributed by atoms with Crippen molar-refractivity contribution < 1.29 is 24.0 Å². The monoisotopic (exact) mass is 639 g/mol. The largest absolute Gasteiger partial charge is 0.460 e. The Morgan fingerprint density at radius 3 is 2.00 bits per heavy atom. The van der Waals surface area contributed by atoms with Crippen LogP contribution in [-0.2, 0) is 32.4 Å². The molecule has 0 radical (unpaired) electrons. The van der Waals surface area contributed by atoms with E-state index >= 15 is 0 Å². The summed E-state index contributed by atoms with van der Waals surface area (Å²) in [4.78, 5) is 44.2. The summed E-state index contributed by atoms with van der Waals surface area (Å²) in [5, 5.41) is 4.92. The molecule has 4 atom stereocenters. The lowest BCUT2D eigenvalue weighted by molar-refractivity contribution is -0.153. The summed E-state index contributed by atoms with van der Waals surface area (Å²) in [6.07, 6.45) is 7.72. The average molecular weight is 640 g/mol. The molecule has 2 spiro atoms. The smallest absolute Gasteiger partial charge is 0.344 e. The number of nitrogens with zero attached hydrogens (tertiary/aromatic N) is 2. The van der Waals surface area contributed by atoms with E-state index in [1.54, 1.807) is 16.9 Å². The number of hydrogen-bond acceptors (Lipinski definition) is 6. The molecule has 2 bridgehead atoms. The number of piperidine rings is 2. The Kier molecular flexibility index (Phi) is 12.3. The number of rotatable bonds is 8. The molecule has 1 N–H and O–H groups in total. The lowest BCUT2D eigenvalue weighted by Gasteiger charge is -2.36. The highest BCUT2D eigenvalue weighted by Crippen LogP contribution is 2.59. The number of fused-ring (bicyclic) bond motifs is 3. The molecule has 3 heterocycles. The number of amides is 2. The van der Waals surface area contributed by atoms with E-state index in [2.05, 4.69) is 12.2 Å². The van der Waals surface area contributed by atoms with Gasteiger partial charge in [0.05, 0.1) is 12.1 Å². The number of benzene rings is 2. The third-order valence-electron chi connectivity index (χ3n) is 10.3. The molecule has 45 heavy (non-hydrogen) atoms. The van der Waals surface area contributed by atoms with Gasteiger partial charge in [0.2, 0.25) is 0 Å². The Balaban J connectivity index is 0.000000231. The van der Waals surface area contributed by atoms with E-state index in [4.69, 9.17) is 9.57 Å². The van der Waals surface area contributed by atoms with Gasteiger partial charge >= 0.3 is 12.0 Å². The number of ether oxygens (including phenoxy) is 1. The Bertz CT molecular complexity index is 1280. The number of nitrogens with one attached hydrogen (secondary N) is 1. The van der Waals surface area contributed by atoms with Crippen molar-refractivity contribution >= 4 is 31.3 Å². The van der Waals surface area contributed by atoms with Gasteiger partial charge in [-0.15, -0.1) is 0 Å². The molecule has 3 aliphatic heterocycles. The molecule has 1 unspecified atom stereocenters. The normalized spacial score (nSPS) is 26.0. The molecule has 5 fully saturated rings. The molecule has 5 aliphatic rings. The minimum absolute atomic E-state index is 0. The minimum atomic E-state index is -0.267. The summed E-state index contributed by atoms with van der Waals surface area (Å²) in [6, 6.07) is 19.3. The SMILES string of the molecule is C.C.CC(=O)[C@@H]1CC2(CC2)[C@@H]2CN1C(=O)N2OCc1ccccc1.CCC1CN[C@H](C(=O)OCc2ccccc2)CC12CC2.S. The Morgan fingerprint density at radius 1 is 0.889 bits per heavy atom. The number of Topliss-reactive ketones (excluding diaryl/α,β-unsaturated/α-hetero) is 1. The first-order chi connectivity index (χ1) is 20.3. The number of hydroxylamine groups is 2. The van der Waals surface area contributed by atoms with Crippen LogP contribution in [0.2, 0.25) is 0 Å². The zero-order valence-electron chi connectivity index (χ0n) is 25.3. The highest BCUT2D eigenvalue weighted by atomic mass is 32.1. The maximum atomic E-state index is 12.6. The Labute approximate surface area is 276 Å². The second-order valence-electron chi connectivity index (χ2n) is 13.0. The van der Waals surface area contributed by atoms with Gasteiger partial charge in [0.1, 0.15) is 19.3 Å². The molecule has 9 heteroatoms. The first kappa shape index (κ1) is 36.6. The van der Waals surface area contributed by atoms with Gasteiger partial charge in [-0.2, -0.15) is 18.6 Å². The highest BCUT2D eigenvalue weighted by Gasteiger charge is 2.63. The van der Waals surface area contributed by atoms with E-state index < -0.39 is 0 Å². The minimum Gasteiger partial charge on any atom is -0.460 e. The fraction of sp³-hybridized carbons (Fsp3) is 0.583. The van der Waals surface area contributed by atoms with Gasteiger partial charge in [-0.1, -0.05) is 88.9 Å². The molecular weight excluding hydrogens is 586 g/mol. The van der Waals surface area contributed by atoms with Crippen LogP contribution in [0.1, 0.15) is 84.8 Å². The second kappa shape index (κ2) is 15.1. The van der Waals surface area contributed by atoms with Crippen molar-refractivity contribution in [2.45, 2.75) is 105 Å². The van der Waals surface area contributed by atoms with Crippen LogP contribution in [0.4, 0.5) is 4.79 Å². The molecular formula is C36H53N3O5S. The number of urea groups is 1. The number of carbonyl (C=O) groups excluding carboxylic acids is 3. The van der Waals surface area contributed by atoms with Crippen molar-refractivity contribution in [1.29, 1.82) is 0 Å². The molecule has 0 aromatic heterocycles. The van der Waals surface area contributed by atoms with Crippen LogP contribution in [0.5, 0.6) is 0 Å². The summed E-state index contributed by atoms with van der Waals surface area (Å²) < 4.78 is 5.46. The van der Waals surface area contributed by atoms with Crippen LogP contribution in [0, 0.1) is 16.7 Å². The summed E-state index contributed by atoms with van der Waals surface area (Å²) in [5.41, 5.74) is 2.63. The third-order valence-corrected chi connectivity index (χ3v) is 10.3. The molecule has 8 nitrogen and oxygen atoms in total. The topological polar surface area (TPSA) is 88.2 Å². The lowest BCUT2D eigenvalue weighted by Crippen LogP contribution is -2.49. The van der Waals surface area contributed by atoms with Crippen LogP contribution in [-0.4, -0.2) is 59.0 Å². The van der Waals surface area contributed by atoms with E-state index in [0.717, 1.165) is 49.3 Å². The van der Waals surface area contributed by atoms with E-state index in [-0.39, 0.29) is 69.7 Å². The quantitative estimate of drug-likeness (QED) is 0.326. The molecule has 2 aromatic carbocycles. The van der Waals surface area contributed by atoms with Crippen LogP contribution in [0.25, 0.3) is 0 Å². The second-order valence-corrected chi connectivity index (χ2v) is 13.0. The van der Waals surface area contributed by atoms with Gasteiger partial charge < -0.3 is 15.0 Å². The van der Waals surface area contributed by atoms with Gasteiger partial charge in [-0.3, -0.25) is 14.4 Å². The van der Waals surface area contributed by atoms with E-state index in [0.29, 0.717) is 25.2 Å². The van der Waals surface area contributed by atoms with Crippen molar-refractivity contribution in [3.8, 4) is 0 Å². The summed E-state index contributed by atoms with van der Waals surface area (Å²) >= 11 is 0. The van der Waals surface area contributed by atoms with Gasteiger partial charge in [0, 0.05) is 6.54 Å². The molecule has 3 saturated heterocycles. The number of ketones is 1. The van der Waals surface area contributed by atoms with Crippen molar-refractivity contribution in [3.63, 3.8) is 0 Å². The van der Waals surface area contributed by atoms with E-state index in [1.807, 2.05) is 60.7 Å². The first-order valence-electron chi connectivity index (χ1n) is 15.6. The van der Waals surface area contributed by atoms with Gasteiger partial charge in [-0.25, -0.2) is 4.79 Å². The number of hydrogen-bond donors (Lipinski definition) is 1. The predicted octanol–water partition coefficient (Wildman–Crippen LogP) is 6.65. The fourth-order valence-corrected chi connectivity index (χ4v) is 7.35. The zero-order valence-corrected chi connectivity index (χ0v) is 26.3. The fourth-order valence-electron chi connectivity index (χ4n) is 7.35. The van der Waals surface area contributed by atoms with E-state index in [1.165, 1.54) is 19.3 Å². The Hall–Kier alpha value is -2.88. The standard InChI is InChI=1S/C17H20N2O3.C17H23NO2.2CH4.H2S/c1-12(20)14-9-17(7-8-17)15-10-18(14)16(21)19(15)22-11-13-5-3-2-4-6-13;1-2-14-11-18-15(10-17(14)8-9-17)16(19)20-12-13-6-4-3-5-7-13;;;/h2-6,14-15H,7-11H2,1H3;3-7,14-15,18H,2,8-12H2,1H3;2*1H4;1H2/t14-,15-;14?,15-;;;/m00.../s1. The molecule has 2 saturated carbocycles. The van der Waals surface area contributed by atoms with Crippen molar-refractivity contribution in [1.82, 2.24) is 15.3 Å². The predicted molar refractivity (Wildman–Crippen MR) is 182 cm³/mol. The number of esters is 1. The van der Waals surface area contributed by atoms with Gasteiger partial charge in [-0.05, 0) is 79.9 Å². The molecule has 2 amide bonds. The molecule has 2 aliphatic carbocycles. The zero-order chi connectivity index (χ0) is 29.3. The van der Waals surface area contributed by atoms with Crippen molar-refractivity contribution in [2.75, 3.05) is 13.1 Å².